The molecule has 0 fully saturated rings. The minimum absolute atomic E-state index is 0.0487. The lowest BCUT2D eigenvalue weighted by atomic mass is 10.1. The van der Waals surface area contributed by atoms with Crippen LogP contribution in [0.1, 0.15) is 5.56 Å². The molecule has 0 saturated carbocycles. The van der Waals surface area contributed by atoms with E-state index in [0.29, 0.717) is 15.8 Å². The molecule has 2 N–H and O–H groups in total. The molecule has 0 aliphatic heterocycles. The van der Waals surface area contributed by atoms with Crippen LogP contribution in [0.15, 0.2) is 22.7 Å². The third-order valence-corrected chi connectivity index (χ3v) is 2.86. The van der Waals surface area contributed by atoms with Gasteiger partial charge in [0.1, 0.15) is 5.75 Å². The SMILES string of the molecule is COc1cccc(CC(O)C(=O)O)c1Br. The average Bonchev–Trinajstić information content (AvgIpc) is 2.21. The number of hydrogen-bond donors (Lipinski definition) is 2. The summed E-state index contributed by atoms with van der Waals surface area (Å²) in [5, 5.41) is 17.8. The van der Waals surface area contributed by atoms with Crippen molar-refractivity contribution in [3.05, 3.63) is 28.2 Å². The average molecular weight is 275 g/mol. The summed E-state index contributed by atoms with van der Waals surface area (Å²) in [4.78, 5) is 10.5. The highest BCUT2D eigenvalue weighted by Crippen LogP contribution is 2.29. The van der Waals surface area contributed by atoms with Crippen LogP contribution in [-0.2, 0) is 11.2 Å². The summed E-state index contributed by atoms with van der Waals surface area (Å²) in [7, 11) is 1.53. The predicted molar refractivity (Wildman–Crippen MR) is 58.0 cm³/mol. The number of aliphatic hydroxyl groups excluding tert-OH is 1. The van der Waals surface area contributed by atoms with E-state index in [-0.39, 0.29) is 6.42 Å². The number of carboxylic acids is 1. The van der Waals surface area contributed by atoms with Crippen LogP contribution in [0.3, 0.4) is 0 Å². The van der Waals surface area contributed by atoms with Gasteiger partial charge in [-0.2, -0.15) is 0 Å². The Bertz CT molecular complexity index is 364. The molecule has 0 aromatic heterocycles. The van der Waals surface area contributed by atoms with Gasteiger partial charge in [0.15, 0.2) is 6.10 Å². The lowest BCUT2D eigenvalue weighted by Gasteiger charge is -2.10. The fourth-order valence-electron chi connectivity index (χ4n) is 1.17. The van der Waals surface area contributed by atoms with E-state index in [1.165, 1.54) is 7.11 Å². The summed E-state index contributed by atoms with van der Waals surface area (Å²) >= 11 is 3.29. The molecule has 0 aliphatic rings. The topological polar surface area (TPSA) is 66.8 Å². The molecule has 1 unspecified atom stereocenters. The van der Waals surface area contributed by atoms with Crippen LogP contribution >= 0.6 is 15.9 Å². The summed E-state index contributed by atoms with van der Waals surface area (Å²) < 4.78 is 5.73. The maximum atomic E-state index is 10.5. The first-order chi connectivity index (χ1) is 7.06. The normalized spacial score (nSPS) is 12.2. The van der Waals surface area contributed by atoms with Crippen molar-refractivity contribution < 1.29 is 19.7 Å². The molecule has 0 saturated heterocycles. The summed E-state index contributed by atoms with van der Waals surface area (Å²) in [5.41, 5.74) is 0.698. The van der Waals surface area contributed by atoms with Gasteiger partial charge >= 0.3 is 5.97 Å². The molecule has 1 rings (SSSR count). The Morgan fingerprint density at radius 3 is 2.80 bits per heavy atom. The number of carboxylic acid groups (broad SMARTS) is 1. The molecule has 1 atom stereocenters. The fraction of sp³-hybridized carbons (Fsp3) is 0.300. The summed E-state index contributed by atoms with van der Waals surface area (Å²) in [5.74, 6) is -0.616. The Labute approximate surface area is 95.6 Å². The molecule has 1 aromatic rings. The number of carbonyl (C=O) groups is 1. The van der Waals surface area contributed by atoms with Crippen molar-refractivity contribution in [3.63, 3.8) is 0 Å². The van der Waals surface area contributed by atoms with Crippen LogP contribution in [0.4, 0.5) is 0 Å². The molecule has 0 amide bonds. The zero-order valence-corrected chi connectivity index (χ0v) is 9.69. The van der Waals surface area contributed by atoms with Crippen molar-refractivity contribution in [3.8, 4) is 5.75 Å². The first-order valence-electron chi connectivity index (χ1n) is 4.28. The molecule has 0 bridgehead atoms. The van der Waals surface area contributed by atoms with Crippen molar-refractivity contribution in [1.29, 1.82) is 0 Å². The van der Waals surface area contributed by atoms with E-state index in [4.69, 9.17) is 9.84 Å². The Morgan fingerprint density at radius 1 is 1.60 bits per heavy atom. The lowest BCUT2D eigenvalue weighted by Crippen LogP contribution is -2.22. The minimum atomic E-state index is -1.39. The quantitative estimate of drug-likeness (QED) is 0.872. The zero-order chi connectivity index (χ0) is 11.4. The van der Waals surface area contributed by atoms with E-state index in [9.17, 15) is 9.90 Å². The predicted octanol–water partition coefficient (Wildman–Crippen LogP) is 1.45. The van der Waals surface area contributed by atoms with Gasteiger partial charge in [-0.15, -0.1) is 0 Å². The largest absolute Gasteiger partial charge is 0.496 e. The second kappa shape index (κ2) is 5.14. The van der Waals surface area contributed by atoms with Gasteiger partial charge in [0.05, 0.1) is 11.6 Å². The molecule has 1 aromatic carbocycles. The van der Waals surface area contributed by atoms with Crippen LogP contribution in [-0.4, -0.2) is 29.4 Å². The smallest absolute Gasteiger partial charge is 0.332 e. The molecule has 82 valence electrons. The molecule has 4 nitrogen and oxygen atoms in total. The Balaban J connectivity index is 2.90. The molecular weight excluding hydrogens is 264 g/mol. The highest BCUT2D eigenvalue weighted by molar-refractivity contribution is 9.10. The second-order valence-corrected chi connectivity index (χ2v) is 3.78. The van der Waals surface area contributed by atoms with Crippen LogP contribution < -0.4 is 4.74 Å². The maximum absolute atomic E-state index is 10.5. The number of ether oxygens (including phenoxy) is 1. The van der Waals surface area contributed by atoms with Gasteiger partial charge in [-0.05, 0) is 27.6 Å². The Hall–Kier alpha value is -1.07. The molecule has 0 heterocycles. The van der Waals surface area contributed by atoms with Crippen molar-refractivity contribution in [2.75, 3.05) is 7.11 Å². The summed E-state index contributed by atoms with van der Waals surface area (Å²) in [6, 6.07) is 5.23. The zero-order valence-electron chi connectivity index (χ0n) is 8.11. The molecule has 5 heteroatoms. The number of aliphatic hydroxyl groups is 1. The van der Waals surface area contributed by atoms with Gasteiger partial charge in [-0.3, -0.25) is 0 Å². The highest BCUT2D eigenvalue weighted by Gasteiger charge is 2.16. The molecule has 0 spiro atoms. The van der Waals surface area contributed by atoms with E-state index in [0.717, 1.165) is 0 Å². The van der Waals surface area contributed by atoms with Crippen molar-refractivity contribution in [1.82, 2.24) is 0 Å². The molecule has 0 aliphatic carbocycles. The second-order valence-electron chi connectivity index (χ2n) is 2.99. The Morgan fingerprint density at radius 2 is 2.27 bits per heavy atom. The number of halogens is 1. The van der Waals surface area contributed by atoms with E-state index in [1.54, 1.807) is 18.2 Å². The van der Waals surface area contributed by atoms with Gasteiger partial charge in [-0.1, -0.05) is 12.1 Å². The van der Waals surface area contributed by atoms with Gasteiger partial charge in [-0.25, -0.2) is 4.79 Å². The third-order valence-electron chi connectivity index (χ3n) is 1.96. The van der Waals surface area contributed by atoms with Gasteiger partial charge in [0.2, 0.25) is 0 Å². The van der Waals surface area contributed by atoms with Crippen molar-refractivity contribution >= 4 is 21.9 Å². The number of benzene rings is 1. The number of aliphatic carboxylic acids is 1. The molecule has 0 radical (unpaired) electrons. The minimum Gasteiger partial charge on any atom is -0.496 e. The summed E-state index contributed by atoms with van der Waals surface area (Å²) in [6.07, 6.45) is -1.35. The number of hydrogen-bond acceptors (Lipinski definition) is 3. The van der Waals surface area contributed by atoms with E-state index in [2.05, 4.69) is 15.9 Å². The monoisotopic (exact) mass is 274 g/mol. The van der Waals surface area contributed by atoms with Gasteiger partial charge in [0, 0.05) is 6.42 Å². The highest BCUT2D eigenvalue weighted by atomic mass is 79.9. The first-order valence-corrected chi connectivity index (χ1v) is 5.07. The number of methoxy groups -OCH3 is 1. The Kier molecular flexibility index (Phi) is 4.11. The van der Waals surface area contributed by atoms with E-state index in [1.807, 2.05) is 0 Å². The fourth-order valence-corrected chi connectivity index (χ4v) is 1.76. The van der Waals surface area contributed by atoms with Gasteiger partial charge in [0.25, 0.3) is 0 Å². The van der Waals surface area contributed by atoms with Crippen LogP contribution in [0.25, 0.3) is 0 Å². The third kappa shape index (κ3) is 2.94. The molecular formula is C10H11BrO4. The van der Waals surface area contributed by atoms with E-state index < -0.39 is 12.1 Å². The van der Waals surface area contributed by atoms with Crippen molar-refractivity contribution in [2.45, 2.75) is 12.5 Å². The van der Waals surface area contributed by atoms with Crippen molar-refractivity contribution in [2.24, 2.45) is 0 Å². The number of rotatable bonds is 4. The lowest BCUT2D eigenvalue weighted by molar-refractivity contribution is -0.146. The maximum Gasteiger partial charge on any atom is 0.332 e. The van der Waals surface area contributed by atoms with Crippen LogP contribution in [0, 0.1) is 0 Å². The standard InChI is InChI=1S/C10H11BrO4/c1-15-8-4-2-3-6(9(8)11)5-7(12)10(13)14/h2-4,7,12H,5H2,1H3,(H,13,14). The van der Waals surface area contributed by atoms with Crippen LogP contribution in [0.5, 0.6) is 5.75 Å². The van der Waals surface area contributed by atoms with E-state index >= 15 is 0 Å². The van der Waals surface area contributed by atoms with Gasteiger partial charge < -0.3 is 14.9 Å². The molecule has 15 heavy (non-hydrogen) atoms. The summed E-state index contributed by atoms with van der Waals surface area (Å²) in [6.45, 7) is 0. The first kappa shape index (κ1) is 12.0. The van der Waals surface area contributed by atoms with Crippen LogP contribution in [0.2, 0.25) is 0 Å².